The van der Waals surface area contributed by atoms with E-state index in [2.05, 4.69) is 20.5 Å². The highest BCUT2D eigenvalue weighted by Crippen LogP contribution is 2.30. The molecular formula is C12H19N7O2. The SMILES string of the molecule is Cc1nn(C(C)C)c(NCCc2ncn(C)n2)c1[N+](=O)[O-]. The fourth-order valence-corrected chi connectivity index (χ4v) is 2.09. The van der Waals surface area contributed by atoms with Crippen molar-refractivity contribution in [1.29, 1.82) is 0 Å². The van der Waals surface area contributed by atoms with Crippen molar-refractivity contribution in [2.45, 2.75) is 33.2 Å². The standard InChI is InChI=1S/C12H19N7O2/c1-8(2)18-12(11(19(20)21)9(3)15-18)13-6-5-10-14-7-17(4)16-10/h7-8,13H,5-6H2,1-4H3. The number of nitro groups is 1. The van der Waals surface area contributed by atoms with Gasteiger partial charge in [-0.1, -0.05) is 0 Å². The number of anilines is 1. The highest BCUT2D eigenvalue weighted by Gasteiger charge is 2.26. The number of hydrogen-bond acceptors (Lipinski definition) is 6. The molecule has 1 N–H and O–H groups in total. The number of rotatable bonds is 6. The molecule has 0 saturated heterocycles. The van der Waals surface area contributed by atoms with Gasteiger partial charge in [0.2, 0.25) is 5.82 Å². The predicted molar refractivity (Wildman–Crippen MR) is 77.2 cm³/mol. The maximum atomic E-state index is 11.2. The smallest absolute Gasteiger partial charge is 0.333 e. The molecule has 2 aromatic heterocycles. The van der Waals surface area contributed by atoms with Crippen LogP contribution in [0, 0.1) is 17.0 Å². The molecule has 2 aromatic rings. The van der Waals surface area contributed by atoms with Crippen molar-refractivity contribution in [3.05, 3.63) is 28.0 Å². The molecule has 0 saturated carbocycles. The zero-order valence-corrected chi connectivity index (χ0v) is 12.6. The lowest BCUT2D eigenvalue weighted by molar-refractivity contribution is -0.384. The third-order valence-electron chi connectivity index (χ3n) is 3.01. The Balaban J connectivity index is 2.15. The van der Waals surface area contributed by atoms with Crippen LogP contribution in [0.25, 0.3) is 0 Å². The number of aromatic nitrogens is 5. The zero-order valence-electron chi connectivity index (χ0n) is 12.6. The fourth-order valence-electron chi connectivity index (χ4n) is 2.09. The van der Waals surface area contributed by atoms with Crippen molar-refractivity contribution >= 4 is 11.5 Å². The van der Waals surface area contributed by atoms with Gasteiger partial charge in [0.1, 0.15) is 12.0 Å². The molecule has 0 fully saturated rings. The van der Waals surface area contributed by atoms with Gasteiger partial charge in [0.15, 0.2) is 5.82 Å². The molecule has 0 unspecified atom stereocenters. The summed E-state index contributed by atoms with van der Waals surface area (Å²) in [6.45, 7) is 6.01. The Labute approximate surface area is 122 Å². The van der Waals surface area contributed by atoms with Crippen LogP contribution < -0.4 is 5.32 Å². The quantitative estimate of drug-likeness (QED) is 0.638. The van der Waals surface area contributed by atoms with Crippen molar-refractivity contribution in [3.8, 4) is 0 Å². The summed E-state index contributed by atoms with van der Waals surface area (Å²) in [5.74, 6) is 1.13. The molecule has 0 spiro atoms. The fraction of sp³-hybridized carbons (Fsp3) is 0.583. The summed E-state index contributed by atoms with van der Waals surface area (Å²) in [4.78, 5) is 14.9. The second kappa shape index (κ2) is 5.90. The molecule has 0 amide bonds. The first-order valence-corrected chi connectivity index (χ1v) is 6.72. The number of nitrogens with one attached hydrogen (secondary N) is 1. The first kappa shape index (κ1) is 14.9. The molecule has 0 atom stereocenters. The van der Waals surface area contributed by atoms with E-state index in [9.17, 15) is 10.1 Å². The minimum atomic E-state index is -0.400. The second-order valence-corrected chi connectivity index (χ2v) is 5.09. The summed E-state index contributed by atoms with van der Waals surface area (Å²) >= 11 is 0. The zero-order chi connectivity index (χ0) is 15.6. The van der Waals surface area contributed by atoms with Crippen LogP contribution in [0.4, 0.5) is 11.5 Å². The third kappa shape index (κ3) is 3.18. The van der Waals surface area contributed by atoms with Crippen molar-refractivity contribution in [1.82, 2.24) is 24.5 Å². The van der Waals surface area contributed by atoms with Crippen molar-refractivity contribution in [2.75, 3.05) is 11.9 Å². The maximum Gasteiger partial charge on any atom is 0.333 e. The topological polar surface area (TPSA) is 104 Å². The van der Waals surface area contributed by atoms with E-state index >= 15 is 0 Å². The summed E-state index contributed by atoms with van der Waals surface area (Å²) in [5.41, 5.74) is 0.435. The summed E-state index contributed by atoms with van der Waals surface area (Å²) in [6.07, 6.45) is 2.21. The monoisotopic (exact) mass is 293 g/mol. The first-order valence-electron chi connectivity index (χ1n) is 6.72. The van der Waals surface area contributed by atoms with Crippen LogP contribution in [0.15, 0.2) is 6.33 Å². The Bertz CT molecular complexity index is 644. The average Bonchev–Trinajstić information content (AvgIpc) is 2.93. The van der Waals surface area contributed by atoms with Crippen molar-refractivity contribution < 1.29 is 4.92 Å². The van der Waals surface area contributed by atoms with Crippen LogP contribution in [0.5, 0.6) is 0 Å². The molecule has 0 aliphatic carbocycles. The lowest BCUT2D eigenvalue weighted by atomic mass is 10.3. The minimum absolute atomic E-state index is 0.0256. The molecule has 9 nitrogen and oxygen atoms in total. The average molecular weight is 293 g/mol. The molecule has 2 heterocycles. The third-order valence-corrected chi connectivity index (χ3v) is 3.01. The van der Waals surface area contributed by atoms with E-state index in [1.54, 1.807) is 29.7 Å². The molecule has 0 aliphatic heterocycles. The summed E-state index contributed by atoms with van der Waals surface area (Å²) in [7, 11) is 1.80. The van der Waals surface area contributed by atoms with Gasteiger partial charge >= 0.3 is 5.69 Å². The molecule has 114 valence electrons. The molecule has 2 rings (SSSR count). The Morgan fingerprint density at radius 3 is 2.67 bits per heavy atom. The number of hydrogen-bond donors (Lipinski definition) is 1. The van der Waals surface area contributed by atoms with Gasteiger partial charge in [-0.25, -0.2) is 9.67 Å². The van der Waals surface area contributed by atoms with E-state index in [0.29, 0.717) is 30.3 Å². The Morgan fingerprint density at radius 2 is 2.14 bits per heavy atom. The Morgan fingerprint density at radius 1 is 1.43 bits per heavy atom. The van der Waals surface area contributed by atoms with E-state index in [1.807, 2.05) is 13.8 Å². The van der Waals surface area contributed by atoms with Crippen LogP contribution in [0.3, 0.4) is 0 Å². The summed E-state index contributed by atoms with van der Waals surface area (Å²) in [6, 6.07) is 0.0351. The summed E-state index contributed by atoms with van der Waals surface area (Å²) in [5, 5.41) is 22.7. The molecule has 0 aliphatic rings. The van der Waals surface area contributed by atoms with Gasteiger partial charge in [-0.3, -0.25) is 14.8 Å². The van der Waals surface area contributed by atoms with Crippen LogP contribution in [-0.4, -0.2) is 36.0 Å². The molecule has 0 aromatic carbocycles. The lowest BCUT2D eigenvalue weighted by Gasteiger charge is -2.11. The van der Waals surface area contributed by atoms with E-state index in [-0.39, 0.29) is 11.7 Å². The van der Waals surface area contributed by atoms with Gasteiger partial charge < -0.3 is 5.32 Å². The molecule has 0 bridgehead atoms. The lowest BCUT2D eigenvalue weighted by Crippen LogP contribution is -2.13. The molecular weight excluding hydrogens is 274 g/mol. The van der Waals surface area contributed by atoms with E-state index in [4.69, 9.17) is 0 Å². The van der Waals surface area contributed by atoms with E-state index < -0.39 is 4.92 Å². The van der Waals surface area contributed by atoms with Crippen molar-refractivity contribution in [2.24, 2.45) is 7.05 Å². The highest BCUT2D eigenvalue weighted by atomic mass is 16.6. The van der Waals surface area contributed by atoms with Gasteiger partial charge in [-0.2, -0.15) is 10.2 Å². The molecule has 21 heavy (non-hydrogen) atoms. The number of nitrogens with zero attached hydrogens (tertiary/aromatic N) is 6. The van der Waals surface area contributed by atoms with Crippen LogP contribution >= 0.6 is 0 Å². The van der Waals surface area contributed by atoms with Crippen LogP contribution in [-0.2, 0) is 13.5 Å². The van der Waals surface area contributed by atoms with Crippen LogP contribution in [0.2, 0.25) is 0 Å². The highest BCUT2D eigenvalue weighted by molar-refractivity contribution is 5.59. The first-order chi connectivity index (χ1) is 9.90. The normalized spacial score (nSPS) is 11.1. The Hall–Kier alpha value is -2.45. The van der Waals surface area contributed by atoms with E-state index in [1.165, 1.54) is 0 Å². The van der Waals surface area contributed by atoms with Gasteiger partial charge in [-0.05, 0) is 20.8 Å². The van der Waals surface area contributed by atoms with Gasteiger partial charge in [0.25, 0.3) is 0 Å². The molecule has 0 radical (unpaired) electrons. The van der Waals surface area contributed by atoms with Crippen molar-refractivity contribution in [3.63, 3.8) is 0 Å². The largest absolute Gasteiger partial charge is 0.364 e. The van der Waals surface area contributed by atoms with Gasteiger partial charge in [0, 0.05) is 26.1 Å². The summed E-state index contributed by atoms with van der Waals surface area (Å²) < 4.78 is 3.26. The van der Waals surface area contributed by atoms with E-state index in [0.717, 1.165) is 0 Å². The Kier molecular flexibility index (Phi) is 4.20. The van der Waals surface area contributed by atoms with Gasteiger partial charge in [0.05, 0.1) is 4.92 Å². The minimum Gasteiger partial charge on any atom is -0.364 e. The predicted octanol–water partition coefficient (Wildman–Crippen LogP) is 1.46. The van der Waals surface area contributed by atoms with Gasteiger partial charge in [-0.15, -0.1) is 0 Å². The maximum absolute atomic E-state index is 11.2. The second-order valence-electron chi connectivity index (χ2n) is 5.09. The number of aryl methyl sites for hydroxylation is 2. The molecule has 9 heteroatoms. The van der Waals surface area contributed by atoms with Crippen LogP contribution in [0.1, 0.15) is 31.4 Å².